The topological polar surface area (TPSA) is 98.6 Å². The third-order valence-electron chi connectivity index (χ3n) is 4.40. The van der Waals surface area contributed by atoms with Gasteiger partial charge in [-0.25, -0.2) is 0 Å². The lowest BCUT2D eigenvalue weighted by Gasteiger charge is -2.12. The number of amidine groups is 1. The minimum atomic E-state index is -0.293. The summed E-state index contributed by atoms with van der Waals surface area (Å²) in [5, 5.41) is 28.8. The molecule has 2 N–H and O–H groups in total. The second-order valence-corrected chi connectivity index (χ2v) is 9.37. The molecule has 3 aromatic rings. The molecule has 162 valence electrons. The summed E-state index contributed by atoms with van der Waals surface area (Å²) >= 11 is 7.82. The number of benzene rings is 2. The van der Waals surface area contributed by atoms with Gasteiger partial charge in [-0.1, -0.05) is 28.1 Å². The highest BCUT2D eigenvalue weighted by atomic mass is 79.9. The first-order valence-corrected chi connectivity index (χ1v) is 11.6. The Balaban J connectivity index is 1.68. The number of para-hydroxylation sites is 1. The molecule has 1 fully saturated rings. The second kappa shape index (κ2) is 9.76. The standard InChI is InChI=1S/C22H15Br2N3O4S/c23-15-8-14(20(29)17(24)10-15)9-19-21(30)27(12-16-5-3-7-31-16)22(32-19)26-25-11-13-4-1-2-6-18(13)28/h1-11,28-29H,12H2/b19-9-,25-11+,26-22-. The van der Waals surface area contributed by atoms with Crippen LogP contribution in [-0.4, -0.2) is 32.4 Å². The molecule has 1 saturated heterocycles. The SMILES string of the molecule is O=C1/C(=C/c2cc(Br)cc(Br)c2O)S/C(=N\N=C\c2ccccc2O)N1Cc1ccco1. The molecule has 7 nitrogen and oxygen atoms in total. The van der Waals surface area contributed by atoms with E-state index >= 15 is 0 Å². The molecule has 10 heteroatoms. The number of halogens is 2. The third-order valence-corrected chi connectivity index (χ3v) is 6.46. The van der Waals surface area contributed by atoms with Crippen LogP contribution in [0.1, 0.15) is 16.9 Å². The van der Waals surface area contributed by atoms with Crippen LogP contribution in [-0.2, 0) is 11.3 Å². The van der Waals surface area contributed by atoms with Gasteiger partial charge in [-0.3, -0.25) is 9.69 Å². The highest BCUT2D eigenvalue weighted by molar-refractivity contribution is 9.11. The zero-order chi connectivity index (χ0) is 22.7. The van der Waals surface area contributed by atoms with Crippen molar-refractivity contribution in [3.8, 4) is 11.5 Å². The molecule has 1 amide bonds. The summed E-state index contributed by atoms with van der Waals surface area (Å²) in [6.07, 6.45) is 4.55. The van der Waals surface area contributed by atoms with Crippen LogP contribution < -0.4 is 0 Å². The van der Waals surface area contributed by atoms with E-state index in [2.05, 4.69) is 42.1 Å². The van der Waals surface area contributed by atoms with Crippen LogP contribution in [0.3, 0.4) is 0 Å². The maximum Gasteiger partial charge on any atom is 0.267 e. The maximum absolute atomic E-state index is 13.1. The minimum Gasteiger partial charge on any atom is -0.507 e. The molecule has 0 spiro atoms. The molecule has 0 radical (unpaired) electrons. The Hall–Kier alpha value is -2.82. The number of hydrogen-bond acceptors (Lipinski definition) is 7. The fraction of sp³-hybridized carbons (Fsp3) is 0.0455. The van der Waals surface area contributed by atoms with Gasteiger partial charge in [0.1, 0.15) is 17.3 Å². The first kappa shape index (κ1) is 22.4. The largest absolute Gasteiger partial charge is 0.507 e. The van der Waals surface area contributed by atoms with E-state index < -0.39 is 0 Å². The van der Waals surface area contributed by atoms with Crippen molar-refractivity contribution in [1.29, 1.82) is 0 Å². The van der Waals surface area contributed by atoms with Crippen molar-refractivity contribution in [1.82, 2.24) is 4.90 Å². The van der Waals surface area contributed by atoms with E-state index in [9.17, 15) is 15.0 Å². The van der Waals surface area contributed by atoms with E-state index in [1.807, 2.05) is 0 Å². The maximum atomic E-state index is 13.1. The zero-order valence-corrected chi connectivity index (χ0v) is 20.3. The van der Waals surface area contributed by atoms with Crippen LogP contribution in [0, 0.1) is 0 Å². The lowest BCUT2D eigenvalue weighted by Crippen LogP contribution is -2.28. The van der Waals surface area contributed by atoms with Crippen LogP contribution in [0.25, 0.3) is 6.08 Å². The Morgan fingerprint density at radius 2 is 1.91 bits per heavy atom. The summed E-state index contributed by atoms with van der Waals surface area (Å²) in [4.78, 5) is 14.9. The zero-order valence-electron chi connectivity index (χ0n) is 16.3. The fourth-order valence-electron chi connectivity index (χ4n) is 2.85. The molecule has 0 bridgehead atoms. The van der Waals surface area contributed by atoms with Gasteiger partial charge in [-0.2, -0.15) is 5.10 Å². The molecule has 32 heavy (non-hydrogen) atoms. The van der Waals surface area contributed by atoms with E-state index in [1.54, 1.807) is 54.6 Å². The highest BCUT2D eigenvalue weighted by Crippen LogP contribution is 2.38. The summed E-state index contributed by atoms with van der Waals surface area (Å²) < 4.78 is 6.64. The van der Waals surface area contributed by atoms with Gasteiger partial charge >= 0.3 is 0 Å². The number of rotatable bonds is 5. The lowest BCUT2D eigenvalue weighted by molar-refractivity contribution is -0.122. The monoisotopic (exact) mass is 575 g/mol. The van der Waals surface area contributed by atoms with Gasteiger partial charge in [0.25, 0.3) is 5.91 Å². The van der Waals surface area contributed by atoms with Crippen molar-refractivity contribution in [3.05, 3.63) is 85.5 Å². The fourth-order valence-corrected chi connectivity index (χ4v) is 5.04. The molecule has 2 heterocycles. The number of furan rings is 1. The van der Waals surface area contributed by atoms with Crippen molar-refractivity contribution in [2.24, 2.45) is 10.2 Å². The Kier molecular flexibility index (Phi) is 6.83. The van der Waals surface area contributed by atoms with Gasteiger partial charge in [-0.05, 0) is 70.2 Å². The number of hydrogen-bond donors (Lipinski definition) is 2. The number of aromatic hydroxyl groups is 2. The molecule has 2 aromatic carbocycles. The van der Waals surface area contributed by atoms with Crippen molar-refractivity contribution in [3.63, 3.8) is 0 Å². The van der Waals surface area contributed by atoms with Crippen molar-refractivity contribution in [2.75, 3.05) is 0 Å². The van der Waals surface area contributed by atoms with E-state index in [0.717, 1.165) is 16.2 Å². The summed E-state index contributed by atoms with van der Waals surface area (Å²) in [5.41, 5.74) is 0.974. The predicted octanol–water partition coefficient (Wildman–Crippen LogP) is 5.72. The van der Waals surface area contributed by atoms with Gasteiger partial charge in [0.2, 0.25) is 0 Å². The van der Waals surface area contributed by atoms with Crippen LogP contribution in [0.15, 0.2) is 83.3 Å². The van der Waals surface area contributed by atoms with Crippen LogP contribution in [0.4, 0.5) is 0 Å². The quantitative estimate of drug-likeness (QED) is 0.230. The molecule has 4 rings (SSSR count). The highest BCUT2D eigenvalue weighted by Gasteiger charge is 2.34. The third kappa shape index (κ3) is 4.98. The smallest absolute Gasteiger partial charge is 0.267 e. The first-order valence-electron chi connectivity index (χ1n) is 9.23. The average molecular weight is 577 g/mol. The Morgan fingerprint density at radius 3 is 2.66 bits per heavy atom. The van der Waals surface area contributed by atoms with Crippen molar-refractivity contribution >= 4 is 67.0 Å². The summed E-state index contributed by atoms with van der Waals surface area (Å²) in [6, 6.07) is 13.7. The van der Waals surface area contributed by atoms with Gasteiger partial charge < -0.3 is 14.6 Å². The number of amides is 1. The number of phenolic OH excluding ortho intramolecular Hbond substituents is 2. The summed E-state index contributed by atoms with van der Waals surface area (Å²) in [5.74, 6) is 0.397. The Bertz CT molecular complexity index is 1260. The van der Waals surface area contributed by atoms with E-state index in [1.165, 1.54) is 17.4 Å². The molecular formula is C22H15Br2N3O4S. The molecule has 1 aliphatic rings. The second-order valence-electron chi connectivity index (χ2n) is 6.59. The normalized spacial score (nSPS) is 16.7. The number of carbonyl (C=O) groups excluding carboxylic acids is 1. The van der Waals surface area contributed by atoms with Gasteiger partial charge in [0, 0.05) is 15.6 Å². The van der Waals surface area contributed by atoms with E-state index in [4.69, 9.17) is 4.42 Å². The summed E-state index contributed by atoms with van der Waals surface area (Å²) in [7, 11) is 0. The minimum absolute atomic E-state index is 0.0228. The van der Waals surface area contributed by atoms with Gasteiger partial charge in [0.15, 0.2) is 5.17 Å². The van der Waals surface area contributed by atoms with Gasteiger partial charge in [0.05, 0.1) is 28.4 Å². The lowest BCUT2D eigenvalue weighted by atomic mass is 10.2. The van der Waals surface area contributed by atoms with Crippen molar-refractivity contribution in [2.45, 2.75) is 6.54 Å². The number of thioether (sulfide) groups is 1. The number of phenols is 2. The van der Waals surface area contributed by atoms with Crippen LogP contribution >= 0.6 is 43.6 Å². The molecule has 1 aliphatic heterocycles. The number of carbonyl (C=O) groups is 1. The molecule has 0 aliphatic carbocycles. The molecule has 0 unspecified atom stereocenters. The predicted molar refractivity (Wildman–Crippen MR) is 131 cm³/mol. The summed E-state index contributed by atoms with van der Waals surface area (Å²) in [6.45, 7) is 0.176. The Labute approximate surface area is 204 Å². The first-order chi connectivity index (χ1) is 15.4. The molecule has 0 saturated carbocycles. The van der Waals surface area contributed by atoms with E-state index in [0.29, 0.717) is 31.4 Å². The van der Waals surface area contributed by atoms with Crippen LogP contribution in [0.5, 0.6) is 11.5 Å². The van der Waals surface area contributed by atoms with Crippen LogP contribution in [0.2, 0.25) is 0 Å². The van der Waals surface area contributed by atoms with Crippen molar-refractivity contribution < 1.29 is 19.4 Å². The molecule has 1 aromatic heterocycles. The molecule has 0 atom stereocenters. The van der Waals surface area contributed by atoms with E-state index in [-0.39, 0.29) is 24.0 Å². The average Bonchev–Trinajstić information content (AvgIpc) is 3.37. The Morgan fingerprint density at radius 1 is 1.09 bits per heavy atom. The molecular weight excluding hydrogens is 562 g/mol. The number of nitrogens with zero attached hydrogens (tertiary/aromatic N) is 3. The van der Waals surface area contributed by atoms with Gasteiger partial charge in [-0.15, -0.1) is 5.10 Å².